The van der Waals surface area contributed by atoms with Crippen molar-refractivity contribution in [2.24, 2.45) is 0 Å². The van der Waals surface area contributed by atoms with Crippen LogP contribution in [0.3, 0.4) is 0 Å². The normalized spacial score (nSPS) is 12.0. The number of thiophene rings is 2. The average Bonchev–Trinajstić information content (AvgIpc) is 3.47. The summed E-state index contributed by atoms with van der Waals surface area (Å²) in [7, 11) is 0. The number of ether oxygens (including phenoxy) is 2. The van der Waals surface area contributed by atoms with E-state index in [-0.39, 0.29) is 24.1 Å². The minimum Gasteiger partial charge on any atom is -0.490 e. The zero-order chi connectivity index (χ0) is 23.4. The lowest BCUT2D eigenvalue weighted by molar-refractivity contribution is -0.122. The molecule has 4 rings (SSSR count). The molecule has 7 nitrogen and oxygen atoms in total. The third-order valence-corrected chi connectivity index (χ3v) is 6.90. The van der Waals surface area contributed by atoms with Crippen LogP contribution in [0.2, 0.25) is 0 Å². The minimum atomic E-state index is -0.275. The Morgan fingerprint density at radius 2 is 1.94 bits per heavy atom. The minimum absolute atomic E-state index is 0.110. The number of carbonyl (C=O) groups excluding carboxylic acids is 1. The number of nitrogens with zero attached hydrogens (tertiary/aromatic N) is 2. The molecule has 3 aromatic heterocycles. The second-order valence-electron chi connectivity index (χ2n) is 7.35. The van der Waals surface area contributed by atoms with Gasteiger partial charge in [-0.15, -0.1) is 22.7 Å². The highest BCUT2D eigenvalue weighted by molar-refractivity contribution is 7.18. The molecule has 0 aliphatic rings. The predicted molar refractivity (Wildman–Crippen MR) is 133 cm³/mol. The van der Waals surface area contributed by atoms with Gasteiger partial charge in [-0.05, 0) is 49.9 Å². The van der Waals surface area contributed by atoms with Gasteiger partial charge in [0.05, 0.1) is 31.0 Å². The second kappa shape index (κ2) is 10.2. The van der Waals surface area contributed by atoms with E-state index in [1.54, 1.807) is 11.3 Å². The van der Waals surface area contributed by atoms with Crippen LogP contribution in [0.4, 0.5) is 0 Å². The summed E-state index contributed by atoms with van der Waals surface area (Å²) in [6.45, 7) is 6.66. The average molecular weight is 484 g/mol. The lowest BCUT2D eigenvalue weighted by Crippen LogP contribution is -2.33. The van der Waals surface area contributed by atoms with Crippen molar-refractivity contribution in [3.63, 3.8) is 0 Å². The number of amides is 1. The Morgan fingerprint density at radius 1 is 1.15 bits per heavy atom. The molecule has 0 aliphatic carbocycles. The third kappa shape index (κ3) is 4.94. The van der Waals surface area contributed by atoms with E-state index in [9.17, 15) is 9.59 Å². The van der Waals surface area contributed by atoms with E-state index < -0.39 is 0 Å². The number of hydrogen-bond acceptors (Lipinski definition) is 7. The molecular weight excluding hydrogens is 458 g/mol. The van der Waals surface area contributed by atoms with Crippen molar-refractivity contribution < 1.29 is 14.3 Å². The molecule has 0 bridgehead atoms. The quantitative estimate of drug-likeness (QED) is 0.368. The summed E-state index contributed by atoms with van der Waals surface area (Å²) >= 11 is 3.00. The largest absolute Gasteiger partial charge is 0.490 e. The summed E-state index contributed by atoms with van der Waals surface area (Å²) in [6, 6.07) is 9.27. The van der Waals surface area contributed by atoms with E-state index in [0.717, 1.165) is 16.0 Å². The smallest absolute Gasteiger partial charge is 0.263 e. The van der Waals surface area contributed by atoms with E-state index in [2.05, 4.69) is 10.3 Å². The number of hydrogen-bond donors (Lipinski definition) is 1. The molecule has 1 N–H and O–H groups in total. The van der Waals surface area contributed by atoms with Gasteiger partial charge in [-0.1, -0.05) is 12.1 Å². The summed E-state index contributed by atoms with van der Waals surface area (Å²) in [6.07, 6.45) is 1.44. The third-order valence-electron chi connectivity index (χ3n) is 5.11. The first-order valence-corrected chi connectivity index (χ1v) is 12.5. The SMILES string of the molecule is CCOc1ccc(C(C)NC(=O)Cn2cnc3scc(-c4cccs4)c3c2=O)cc1OCC. The van der Waals surface area contributed by atoms with Crippen LogP contribution in [0.15, 0.2) is 52.2 Å². The lowest BCUT2D eigenvalue weighted by Gasteiger charge is -2.18. The van der Waals surface area contributed by atoms with Crippen molar-refractivity contribution in [1.82, 2.24) is 14.9 Å². The van der Waals surface area contributed by atoms with E-state index in [4.69, 9.17) is 9.47 Å². The van der Waals surface area contributed by atoms with Crippen molar-refractivity contribution in [1.29, 1.82) is 0 Å². The molecule has 3 heterocycles. The molecule has 33 heavy (non-hydrogen) atoms. The van der Waals surface area contributed by atoms with E-state index in [0.29, 0.717) is 34.9 Å². The molecule has 0 fully saturated rings. The maximum absolute atomic E-state index is 13.1. The van der Waals surface area contributed by atoms with Gasteiger partial charge in [0, 0.05) is 15.8 Å². The Morgan fingerprint density at radius 3 is 2.67 bits per heavy atom. The Kier molecular flexibility index (Phi) is 7.10. The maximum atomic E-state index is 13.1. The zero-order valence-corrected chi connectivity index (χ0v) is 20.3. The summed E-state index contributed by atoms with van der Waals surface area (Å²) in [5.41, 5.74) is 1.53. The van der Waals surface area contributed by atoms with Crippen LogP contribution in [0.1, 0.15) is 32.4 Å². The summed E-state index contributed by atoms with van der Waals surface area (Å²) in [5.74, 6) is 1.04. The highest BCUT2D eigenvalue weighted by Gasteiger charge is 2.17. The molecule has 9 heteroatoms. The van der Waals surface area contributed by atoms with Gasteiger partial charge in [-0.25, -0.2) is 4.98 Å². The molecule has 1 aromatic carbocycles. The molecule has 0 spiro atoms. The van der Waals surface area contributed by atoms with Crippen molar-refractivity contribution in [3.8, 4) is 21.9 Å². The first-order chi connectivity index (χ1) is 16.0. The van der Waals surface area contributed by atoms with Gasteiger partial charge < -0.3 is 14.8 Å². The van der Waals surface area contributed by atoms with Crippen LogP contribution in [0, 0.1) is 0 Å². The zero-order valence-electron chi connectivity index (χ0n) is 18.7. The van der Waals surface area contributed by atoms with E-state index in [1.807, 2.05) is 61.9 Å². The van der Waals surface area contributed by atoms with E-state index in [1.165, 1.54) is 22.2 Å². The molecule has 0 radical (unpaired) electrons. The standard InChI is InChI=1S/C24H25N3O4S2/c1-4-30-18-9-8-16(11-19(18)31-5-2)15(3)26-21(28)12-27-14-25-23-22(24(27)29)17(13-33-23)20-7-6-10-32-20/h6-11,13-15H,4-5,12H2,1-3H3,(H,26,28). The van der Waals surface area contributed by atoms with Crippen molar-refractivity contribution in [2.45, 2.75) is 33.4 Å². The lowest BCUT2D eigenvalue weighted by atomic mass is 10.1. The molecule has 0 aliphatic heterocycles. The van der Waals surface area contributed by atoms with Gasteiger partial charge in [-0.3, -0.25) is 14.2 Å². The Balaban J connectivity index is 1.52. The molecule has 172 valence electrons. The molecule has 0 saturated carbocycles. The molecule has 0 saturated heterocycles. The summed E-state index contributed by atoms with van der Waals surface area (Å²) in [5, 5.41) is 7.43. The fourth-order valence-electron chi connectivity index (χ4n) is 3.56. The monoisotopic (exact) mass is 483 g/mol. The maximum Gasteiger partial charge on any atom is 0.263 e. The second-order valence-corrected chi connectivity index (χ2v) is 9.15. The summed E-state index contributed by atoms with van der Waals surface area (Å²) < 4.78 is 12.6. The highest BCUT2D eigenvalue weighted by atomic mass is 32.1. The fraction of sp³-hybridized carbons (Fsp3) is 0.292. The van der Waals surface area contributed by atoms with Crippen molar-refractivity contribution >= 4 is 38.8 Å². The topological polar surface area (TPSA) is 82.5 Å². The van der Waals surface area contributed by atoms with Crippen LogP contribution in [-0.4, -0.2) is 28.7 Å². The number of rotatable bonds is 9. The Bertz CT molecular complexity index is 1310. The molecule has 1 unspecified atom stereocenters. The van der Waals surface area contributed by atoms with Crippen LogP contribution < -0.4 is 20.3 Å². The van der Waals surface area contributed by atoms with Gasteiger partial charge in [0.1, 0.15) is 11.4 Å². The first-order valence-electron chi connectivity index (χ1n) is 10.7. The molecule has 1 amide bonds. The van der Waals surface area contributed by atoms with Crippen LogP contribution in [0.25, 0.3) is 20.7 Å². The number of carbonyl (C=O) groups is 1. The van der Waals surface area contributed by atoms with E-state index >= 15 is 0 Å². The van der Waals surface area contributed by atoms with Gasteiger partial charge in [0.25, 0.3) is 5.56 Å². The van der Waals surface area contributed by atoms with Crippen LogP contribution in [-0.2, 0) is 11.3 Å². The number of nitrogens with one attached hydrogen (secondary N) is 1. The van der Waals surface area contributed by atoms with Gasteiger partial charge in [-0.2, -0.15) is 0 Å². The van der Waals surface area contributed by atoms with Gasteiger partial charge in [0.2, 0.25) is 5.91 Å². The Labute approximate surface area is 199 Å². The van der Waals surface area contributed by atoms with Crippen molar-refractivity contribution in [2.75, 3.05) is 13.2 Å². The predicted octanol–water partition coefficient (Wildman–Crippen LogP) is 4.86. The summed E-state index contributed by atoms with van der Waals surface area (Å²) in [4.78, 5) is 32.0. The fourth-order valence-corrected chi connectivity index (χ4v) is 5.28. The van der Waals surface area contributed by atoms with Crippen LogP contribution in [0.5, 0.6) is 11.5 Å². The van der Waals surface area contributed by atoms with Crippen molar-refractivity contribution in [3.05, 3.63) is 63.3 Å². The molecule has 1 atom stereocenters. The molecule has 4 aromatic rings. The van der Waals surface area contributed by atoms with Gasteiger partial charge >= 0.3 is 0 Å². The number of fused-ring (bicyclic) bond motifs is 1. The Hall–Kier alpha value is -3.17. The highest BCUT2D eigenvalue weighted by Crippen LogP contribution is 2.33. The molecular formula is C24H25N3O4S2. The number of benzene rings is 1. The first kappa shape index (κ1) is 23.0. The van der Waals surface area contributed by atoms with Crippen LogP contribution >= 0.6 is 22.7 Å². The number of aromatic nitrogens is 2. The van der Waals surface area contributed by atoms with Gasteiger partial charge in [0.15, 0.2) is 11.5 Å².